The first-order valence-electron chi connectivity index (χ1n) is 7.20. The van der Waals surface area contributed by atoms with Crippen molar-refractivity contribution in [3.05, 3.63) is 23.8 Å². The molecule has 1 aromatic carbocycles. The number of fused-ring (bicyclic) bond motifs is 1. The first-order chi connectivity index (χ1) is 9.33. The highest BCUT2D eigenvalue weighted by Gasteiger charge is 2.20. The third kappa shape index (κ3) is 3.01. The van der Waals surface area contributed by atoms with E-state index in [9.17, 15) is 0 Å². The Morgan fingerprint density at radius 1 is 1.32 bits per heavy atom. The second-order valence-corrected chi connectivity index (χ2v) is 5.37. The molecule has 1 saturated heterocycles. The van der Waals surface area contributed by atoms with E-state index in [1.165, 1.54) is 25.9 Å². The molecular weight excluding hydrogens is 240 g/mol. The van der Waals surface area contributed by atoms with Crippen molar-refractivity contribution in [3.63, 3.8) is 0 Å². The molecule has 104 valence electrons. The first-order valence-corrected chi connectivity index (χ1v) is 7.20. The summed E-state index contributed by atoms with van der Waals surface area (Å²) in [5.74, 6) is 1.76. The molecular formula is C15H22N2O2. The molecule has 0 aliphatic carbocycles. The fraction of sp³-hybridized carbons (Fsp3) is 0.600. The summed E-state index contributed by atoms with van der Waals surface area (Å²) in [6, 6.07) is 5.98. The zero-order valence-electron chi connectivity index (χ0n) is 11.3. The van der Waals surface area contributed by atoms with Crippen molar-refractivity contribution in [2.24, 2.45) is 5.73 Å². The van der Waals surface area contributed by atoms with Crippen molar-refractivity contribution in [2.75, 3.05) is 32.8 Å². The molecule has 19 heavy (non-hydrogen) atoms. The van der Waals surface area contributed by atoms with Crippen LogP contribution in [0.4, 0.5) is 0 Å². The van der Waals surface area contributed by atoms with E-state index < -0.39 is 0 Å². The van der Waals surface area contributed by atoms with E-state index in [-0.39, 0.29) is 6.04 Å². The smallest absolute Gasteiger partial charge is 0.127 e. The van der Waals surface area contributed by atoms with Gasteiger partial charge in [0.2, 0.25) is 0 Å². The van der Waals surface area contributed by atoms with Gasteiger partial charge in [-0.2, -0.15) is 0 Å². The van der Waals surface area contributed by atoms with Crippen LogP contribution in [-0.2, 0) is 0 Å². The minimum atomic E-state index is 0.0132. The van der Waals surface area contributed by atoms with Crippen molar-refractivity contribution in [1.29, 1.82) is 0 Å². The minimum absolute atomic E-state index is 0.0132. The van der Waals surface area contributed by atoms with Gasteiger partial charge in [0, 0.05) is 18.2 Å². The van der Waals surface area contributed by atoms with Crippen LogP contribution in [0.2, 0.25) is 0 Å². The molecule has 0 bridgehead atoms. The zero-order chi connectivity index (χ0) is 13.1. The average Bonchev–Trinajstić information content (AvgIpc) is 3.05. The van der Waals surface area contributed by atoms with E-state index in [0.717, 1.165) is 36.6 Å². The Morgan fingerprint density at radius 2 is 2.16 bits per heavy atom. The largest absolute Gasteiger partial charge is 0.493 e. The monoisotopic (exact) mass is 262 g/mol. The number of ether oxygens (including phenoxy) is 2. The number of hydrogen-bond donors (Lipinski definition) is 1. The molecule has 1 unspecified atom stereocenters. The summed E-state index contributed by atoms with van der Waals surface area (Å²) in [7, 11) is 0. The lowest BCUT2D eigenvalue weighted by Gasteiger charge is -2.14. The van der Waals surface area contributed by atoms with E-state index in [1.54, 1.807) is 0 Å². The molecule has 1 atom stereocenters. The van der Waals surface area contributed by atoms with Crippen LogP contribution in [0.5, 0.6) is 11.5 Å². The Kier molecular flexibility index (Phi) is 3.89. The van der Waals surface area contributed by atoms with Gasteiger partial charge in [-0.25, -0.2) is 0 Å². The molecule has 2 aliphatic rings. The fourth-order valence-electron chi connectivity index (χ4n) is 2.79. The highest BCUT2D eigenvalue weighted by Crippen LogP contribution is 2.33. The van der Waals surface area contributed by atoms with E-state index >= 15 is 0 Å². The second kappa shape index (κ2) is 5.80. The Balaban J connectivity index is 1.45. The first kappa shape index (κ1) is 12.8. The standard InChI is InChI=1S/C15H22N2O2/c16-14-11-19-15-10-12(4-5-13(14)15)18-9-3-8-17-6-1-2-7-17/h4-5,10,14H,1-3,6-9,11,16H2. The number of likely N-dealkylation sites (tertiary alicyclic amines) is 1. The van der Waals surface area contributed by atoms with Crippen LogP contribution in [0.3, 0.4) is 0 Å². The van der Waals surface area contributed by atoms with Gasteiger partial charge in [-0.15, -0.1) is 0 Å². The van der Waals surface area contributed by atoms with Gasteiger partial charge in [0.1, 0.15) is 18.1 Å². The number of benzene rings is 1. The van der Waals surface area contributed by atoms with Gasteiger partial charge in [0.25, 0.3) is 0 Å². The predicted octanol–water partition coefficient (Wildman–Crippen LogP) is 1.94. The molecule has 0 spiro atoms. The highest BCUT2D eigenvalue weighted by atomic mass is 16.5. The summed E-state index contributed by atoms with van der Waals surface area (Å²) < 4.78 is 11.3. The third-order valence-corrected chi connectivity index (χ3v) is 3.89. The highest BCUT2D eigenvalue weighted by molar-refractivity contribution is 5.44. The number of nitrogens with two attached hydrogens (primary N) is 1. The lowest BCUT2D eigenvalue weighted by molar-refractivity contribution is 0.262. The van der Waals surface area contributed by atoms with Gasteiger partial charge in [0.05, 0.1) is 12.6 Å². The summed E-state index contributed by atoms with van der Waals surface area (Å²) in [6.45, 7) is 5.00. The molecule has 1 fully saturated rings. The average molecular weight is 262 g/mol. The van der Waals surface area contributed by atoms with Gasteiger partial charge < -0.3 is 20.1 Å². The number of hydrogen-bond acceptors (Lipinski definition) is 4. The Morgan fingerprint density at radius 3 is 3.00 bits per heavy atom. The Labute approximate surface area is 114 Å². The zero-order valence-corrected chi connectivity index (χ0v) is 11.3. The maximum Gasteiger partial charge on any atom is 0.127 e. The van der Waals surface area contributed by atoms with Crippen molar-refractivity contribution in [1.82, 2.24) is 4.90 Å². The molecule has 0 aromatic heterocycles. The number of nitrogens with zero attached hydrogens (tertiary/aromatic N) is 1. The van der Waals surface area contributed by atoms with Crippen LogP contribution >= 0.6 is 0 Å². The molecule has 1 aromatic rings. The van der Waals surface area contributed by atoms with Crippen LogP contribution in [-0.4, -0.2) is 37.7 Å². The molecule has 4 heteroatoms. The lowest BCUT2D eigenvalue weighted by atomic mass is 10.1. The summed E-state index contributed by atoms with van der Waals surface area (Å²) in [6.07, 6.45) is 3.78. The van der Waals surface area contributed by atoms with E-state index in [2.05, 4.69) is 4.90 Å². The van der Waals surface area contributed by atoms with Crippen molar-refractivity contribution in [2.45, 2.75) is 25.3 Å². The maximum absolute atomic E-state index is 5.92. The second-order valence-electron chi connectivity index (χ2n) is 5.37. The summed E-state index contributed by atoms with van der Waals surface area (Å²) in [4.78, 5) is 2.51. The Bertz CT molecular complexity index is 430. The van der Waals surface area contributed by atoms with Gasteiger partial charge in [-0.05, 0) is 44.5 Å². The lowest BCUT2D eigenvalue weighted by Crippen LogP contribution is -2.21. The van der Waals surface area contributed by atoms with Crippen LogP contribution in [0.1, 0.15) is 30.9 Å². The van der Waals surface area contributed by atoms with Gasteiger partial charge >= 0.3 is 0 Å². The molecule has 0 amide bonds. The van der Waals surface area contributed by atoms with Gasteiger partial charge in [0.15, 0.2) is 0 Å². The quantitative estimate of drug-likeness (QED) is 0.824. The predicted molar refractivity (Wildman–Crippen MR) is 74.7 cm³/mol. The molecule has 0 radical (unpaired) electrons. The van der Waals surface area contributed by atoms with Gasteiger partial charge in [-0.3, -0.25) is 0 Å². The third-order valence-electron chi connectivity index (χ3n) is 3.89. The van der Waals surface area contributed by atoms with Crippen LogP contribution in [0, 0.1) is 0 Å². The van der Waals surface area contributed by atoms with Crippen LogP contribution in [0.15, 0.2) is 18.2 Å². The SMILES string of the molecule is NC1COc2cc(OCCCN3CCCC3)ccc21. The Hall–Kier alpha value is -1.26. The topological polar surface area (TPSA) is 47.7 Å². The molecule has 4 nitrogen and oxygen atoms in total. The molecule has 2 heterocycles. The normalized spacial score (nSPS) is 22.3. The summed E-state index contributed by atoms with van der Waals surface area (Å²) in [5, 5.41) is 0. The van der Waals surface area contributed by atoms with Crippen molar-refractivity contribution < 1.29 is 9.47 Å². The number of rotatable bonds is 5. The van der Waals surface area contributed by atoms with Crippen molar-refractivity contribution in [3.8, 4) is 11.5 Å². The van der Waals surface area contributed by atoms with Crippen LogP contribution in [0.25, 0.3) is 0 Å². The van der Waals surface area contributed by atoms with E-state index in [4.69, 9.17) is 15.2 Å². The molecule has 2 N–H and O–H groups in total. The molecule has 0 saturated carbocycles. The van der Waals surface area contributed by atoms with Gasteiger partial charge in [-0.1, -0.05) is 0 Å². The van der Waals surface area contributed by atoms with Crippen molar-refractivity contribution >= 4 is 0 Å². The molecule has 2 aliphatic heterocycles. The van der Waals surface area contributed by atoms with E-state index in [0.29, 0.717) is 6.61 Å². The maximum atomic E-state index is 5.92. The fourth-order valence-corrected chi connectivity index (χ4v) is 2.79. The summed E-state index contributed by atoms with van der Waals surface area (Å²) >= 11 is 0. The molecule has 3 rings (SSSR count). The van der Waals surface area contributed by atoms with Crippen LogP contribution < -0.4 is 15.2 Å². The summed E-state index contributed by atoms with van der Waals surface area (Å²) in [5.41, 5.74) is 7.00. The minimum Gasteiger partial charge on any atom is -0.493 e. The van der Waals surface area contributed by atoms with E-state index in [1.807, 2.05) is 18.2 Å².